The fraction of sp³-hybridized carbons (Fsp3) is 0.0741. The van der Waals surface area contributed by atoms with Crippen LogP contribution in [0.2, 0.25) is 0 Å². The summed E-state index contributed by atoms with van der Waals surface area (Å²) in [5.41, 5.74) is 3.66. The Hall–Kier alpha value is -4.45. The van der Waals surface area contributed by atoms with Crippen molar-refractivity contribution < 1.29 is 9.52 Å². The number of rotatable bonds is 5. The van der Waals surface area contributed by atoms with Crippen LogP contribution in [-0.4, -0.2) is 24.9 Å². The Balaban J connectivity index is 1.40. The van der Waals surface area contributed by atoms with Crippen LogP contribution in [0.3, 0.4) is 0 Å². The van der Waals surface area contributed by atoms with E-state index in [9.17, 15) is 5.11 Å². The predicted molar refractivity (Wildman–Crippen MR) is 127 cm³/mol. The van der Waals surface area contributed by atoms with Crippen molar-refractivity contribution in [3.63, 3.8) is 0 Å². The fourth-order valence-corrected chi connectivity index (χ4v) is 4.27. The Labute approximate surface area is 189 Å². The smallest absolute Gasteiger partial charge is 0.251 e. The number of para-hydroxylation sites is 3. The number of hydrogen-bond acceptors (Lipinski definition) is 5. The summed E-state index contributed by atoms with van der Waals surface area (Å²) in [5, 5.41) is 20.9. The van der Waals surface area contributed by atoms with E-state index in [1.54, 1.807) is 18.2 Å². The third-order valence-corrected chi connectivity index (χ3v) is 5.86. The van der Waals surface area contributed by atoms with Crippen LogP contribution in [-0.2, 0) is 13.0 Å². The Morgan fingerprint density at radius 1 is 0.788 bits per heavy atom. The van der Waals surface area contributed by atoms with E-state index in [4.69, 9.17) is 9.40 Å². The normalized spacial score (nSPS) is 11.4. The molecule has 4 aromatic carbocycles. The van der Waals surface area contributed by atoms with E-state index in [-0.39, 0.29) is 5.75 Å². The van der Waals surface area contributed by atoms with Gasteiger partial charge in [-0.25, -0.2) is 4.98 Å². The standard InChI is InChI=1S/C27H20N4O2/c32-24-15-6-3-12-21(24)27-30-29-26(33-27)17-31-23-14-5-4-13-22(23)28-25(31)16-19-10-7-9-18-8-1-2-11-20(18)19/h1-15,32H,16-17H2. The summed E-state index contributed by atoms with van der Waals surface area (Å²) in [4.78, 5) is 4.92. The highest BCUT2D eigenvalue weighted by Crippen LogP contribution is 2.28. The van der Waals surface area contributed by atoms with E-state index >= 15 is 0 Å². The van der Waals surface area contributed by atoms with Crippen molar-refractivity contribution in [2.75, 3.05) is 0 Å². The molecule has 0 aliphatic carbocycles. The highest BCUT2D eigenvalue weighted by atomic mass is 16.4. The van der Waals surface area contributed by atoms with Crippen molar-refractivity contribution in [1.29, 1.82) is 0 Å². The molecule has 160 valence electrons. The molecule has 6 nitrogen and oxygen atoms in total. The summed E-state index contributed by atoms with van der Waals surface area (Å²) in [7, 11) is 0. The van der Waals surface area contributed by atoms with Crippen LogP contribution in [0.1, 0.15) is 17.3 Å². The number of benzene rings is 4. The zero-order chi connectivity index (χ0) is 22.2. The number of aromatic nitrogens is 4. The number of phenolic OH excluding ortho intramolecular Hbond substituents is 1. The summed E-state index contributed by atoms with van der Waals surface area (Å²) >= 11 is 0. The molecule has 0 spiro atoms. The van der Waals surface area contributed by atoms with Crippen molar-refractivity contribution in [1.82, 2.24) is 19.7 Å². The molecule has 0 bridgehead atoms. The largest absolute Gasteiger partial charge is 0.507 e. The van der Waals surface area contributed by atoms with Gasteiger partial charge in [-0.05, 0) is 40.6 Å². The molecule has 2 heterocycles. The molecule has 1 N–H and O–H groups in total. The van der Waals surface area contributed by atoms with Gasteiger partial charge < -0.3 is 14.1 Å². The monoisotopic (exact) mass is 432 g/mol. The van der Waals surface area contributed by atoms with Gasteiger partial charge >= 0.3 is 0 Å². The van der Waals surface area contributed by atoms with Crippen LogP contribution in [0.4, 0.5) is 0 Å². The summed E-state index contributed by atoms with van der Waals surface area (Å²) in [6.07, 6.45) is 0.677. The van der Waals surface area contributed by atoms with Crippen LogP contribution in [0, 0.1) is 0 Å². The Kier molecular flexibility index (Phi) is 4.61. The van der Waals surface area contributed by atoms with Crippen molar-refractivity contribution >= 4 is 21.8 Å². The molecule has 6 rings (SSSR count). The van der Waals surface area contributed by atoms with Gasteiger partial charge in [-0.1, -0.05) is 66.7 Å². The average Bonchev–Trinajstić information content (AvgIpc) is 3.45. The van der Waals surface area contributed by atoms with E-state index in [1.165, 1.54) is 16.3 Å². The molecule has 6 aromatic rings. The highest BCUT2D eigenvalue weighted by Gasteiger charge is 2.17. The summed E-state index contributed by atoms with van der Waals surface area (Å²) < 4.78 is 8.04. The lowest BCUT2D eigenvalue weighted by Gasteiger charge is -2.09. The maximum Gasteiger partial charge on any atom is 0.251 e. The number of nitrogens with zero attached hydrogens (tertiary/aromatic N) is 4. The number of fused-ring (bicyclic) bond motifs is 2. The minimum Gasteiger partial charge on any atom is -0.507 e. The van der Waals surface area contributed by atoms with Crippen LogP contribution in [0.15, 0.2) is 95.4 Å². The molecule has 2 aromatic heterocycles. The first-order chi connectivity index (χ1) is 16.3. The van der Waals surface area contributed by atoms with Gasteiger partial charge in [-0.15, -0.1) is 10.2 Å². The molecule has 33 heavy (non-hydrogen) atoms. The van der Waals surface area contributed by atoms with Crippen LogP contribution < -0.4 is 0 Å². The average molecular weight is 432 g/mol. The topological polar surface area (TPSA) is 77.0 Å². The summed E-state index contributed by atoms with van der Waals surface area (Å²) in [5.74, 6) is 1.78. The first-order valence-corrected chi connectivity index (χ1v) is 10.8. The van der Waals surface area contributed by atoms with Gasteiger partial charge in [0.1, 0.15) is 18.1 Å². The zero-order valence-electron chi connectivity index (χ0n) is 17.7. The second-order valence-electron chi connectivity index (χ2n) is 7.94. The van der Waals surface area contributed by atoms with E-state index in [0.29, 0.717) is 30.3 Å². The van der Waals surface area contributed by atoms with Crippen molar-refractivity contribution in [3.8, 4) is 17.2 Å². The maximum absolute atomic E-state index is 10.1. The molecule has 0 saturated carbocycles. The van der Waals surface area contributed by atoms with Gasteiger partial charge in [0.2, 0.25) is 5.89 Å². The molecule has 0 radical (unpaired) electrons. The molecule has 6 heteroatoms. The molecule has 0 unspecified atom stereocenters. The number of imidazole rings is 1. The SMILES string of the molecule is Oc1ccccc1-c1nnc(Cn2c(Cc3cccc4ccccc34)nc3ccccc32)o1. The number of aromatic hydroxyl groups is 1. The number of phenols is 1. The Bertz CT molecular complexity index is 1590. The van der Waals surface area contributed by atoms with Gasteiger partial charge in [-0.3, -0.25) is 0 Å². The lowest BCUT2D eigenvalue weighted by Crippen LogP contribution is -2.06. The zero-order valence-corrected chi connectivity index (χ0v) is 17.7. The van der Waals surface area contributed by atoms with E-state index in [2.05, 4.69) is 63.3 Å². The van der Waals surface area contributed by atoms with Gasteiger partial charge in [0.05, 0.1) is 16.6 Å². The first kappa shape index (κ1) is 19.3. The minimum atomic E-state index is 0.109. The highest BCUT2D eigenvalue weighted by molar-refractivity contribution is 5.86. The number of hydrogen-bond donors (Lipinski definition) is 1. The van der Waals surface area contributed by atoms with E-state index in [1.807, 2.05) is 24.3 Å². The van der Waals surface area contributed by atoms with Crippen LogP contribution >= 0.6 is 0 Å². The Morgan fingerprint density at radius 3 is 2.52 bits per heavy atom. The van der Waals surface area contributed by atoms with Gasteiger partial charge in [0.15, 0.2) is 0 Å². The predicted octanol–water partition coefficient (Wildman–Crippen LogP) is 5.58. The molecule has 0 amide bonds. The maximum atomic E-state index is 10.1. The van der Waals surface area contributed by atoms with Crippen molar-refractivity contribution in [3.05, 3.63) is 108 Å². The lowest BCUT2D eigenvalue weighted by molar-refractivity contribution is 0.464. The summed E-state index contributed by atoms with van der Waals surface area (Å²) in [6.45, 7) is 0.390. The molecule has 0 fully saturated rings. The minimum absolute atomic E-state index is 0.109. The molecular formula is C27H20N4O2. The molecule has 0 aliphatic rings. The summed E-state index contributed by atoms with van der Waals surface area (Å²) in [6, 6.07) is 29.7. The fourth-order valence-electron chi connectivity index (χ4n) is 4.27. The van der Waals surface area contributed by atoms with Crippen LogP contribution in [0.25, 0.3) is 33.3 Å². The van der Waals surface area contributed by atoms with Crippen molar-refractivity contribution in [2.24, 2.45) is 0 Å². The first-order valence-electron chi connectivity index (χ1n) is 10.8. The third-order valence-electron chi connectivity index (χ3n) is 5.86. The second-order valence-corrected chi connectivity index (χ2v) is 7.94. The molecular weight excluding hydrogens is 412 g/mol. The molecule has 0 saturated heterocycles. The van der Waals surface area contributed by atoms with Gasteiger partial charge in [0, 0.05) is 6.42 Å². The quantitative estimate of drug-likeness (QED) is 0.385. The second kappa shape index (κ2) is 7.91. The van der Waals surface area contributed by atoms with Gasteiger partial charge in [0.25, 0.3) is 5.89 Å². The van der Waals surface area contributed by atoms with E-state index < -0.39 is 0 Å². The lowest BCUT2D eigenvalue weighted by atomic mass is 10.0. The molecule has 0 atom stereocenters. The Morgan fingerprint density at radius 2 is 1.58 bits per heavy atom. The third kappa shape index (κ3) is 3.51. The van der Waals surface area contributed by atoms with E-state index in [0.717, 1.165) is 16.9 Å². The van der Waals surface area contributed by atoms with Gasteiger partial charge in [-0.2, -0.15) is 0 Å². The molecule has 0 aliphatic heterocycles. The van der Waals surface area contributed by atoms with Crippen molar-refractivity contribution in [2.45, 2.75) is 13.0 Å². The van der Waals surface area contributed by atoms with Crippen LogP contribution in [0.5, 0.6) is 5.75 Å².